The average molecular weight is 295 g/mol. The number of rotatable bonds is 4. The summed E-state index contributed by atoms with van der Waals surface area (Å²) in [6, 6.07) is 5.46. The standard InChI is InChI=1S/C16H17N5O/c1-10(11(2)22)19-16-13-5-8-18-9-14(13)20-15(21-16)12-3-6-17-7-4-12/h3-11,22H,1-2H3,(H,19,20,21). The first kappa shape index (κ1) is 14.3. The van der Waals surface area contributed by atoms with Crippen LogP contribution in [0.25, 0.3) is 22.3 Å². The summed E-state index contributed by atoms with van der Waals surface area (Å²) in [6.07, 6.45) is 6.34. The third-order valence-corrected chi connectivity index (χ3v) is 3.53. The summed E-state index contributed by atoms with van der Waals surface area (Å²) in [5.41, 5.74) is 1.64. The molecular weight excluding hydrogens is 278 g/mol. The summed E-state index contributed by atoms with van der Waals surface area (Å²) in [5, 5.41) is 13.8. The molecule has 0 saturated heterocycles. The molecule has 2 unspecified atom stereocenters. The third kappa shape index (κ3) is 2.87. The first-order valence-corrected chi connectivity index (χ1v) is 7.12. The molecule has 2 N–H and O–H groups in total. The van der Waals surface area contributed by atoms with Crippen molar-refractivity contribution in [3.8, 4) is 11.4 Å². The summed E-state index contributed by atoms with van der Waals surface area (Å²) in [4.78, 5) is 17.3. The molecule has 0 aliphatic rings. The summed E-state index contributed by atoms with van der Waals surface area (Å²) in [6.45, 7) is 3.65. The lowest BCUT2D eigenvalue weighted by Gasteiger charge is -2.18. The maximum absolute atomic E-state index is 9.71. The molecule has 22 heavy (non-hydrogen) atoms. The molecule has 3 aromatic heterocycles. The SMILES string of the molecule is CC(O)C(C)Nc1nc(-c2ccncc2)nc2cnccc12. The number of nitrogens with one attached hydrogen (secondary N) is 1. The van der Waals surface area contributed by atoms with Crippen LogP contribution in [-0.4, -0.2) is 37.2 Å². The Kier molecular flexibility index (Phi) is 3.93. The highest BCUT2D eigenvalue weighted by molar-refractivity contribution is 5.90. The first-order valence-electron chi connectivity index (χ1n) is 7.12. The van der Waals surface area contributed by atoms with Gasteiger partial charge in [-0.05, 0) is 32.0 Å². The molecule has 3 aromatic rings. The van der Waals surface area contributed by atoms with Gasteiger partial charge < -0.3 is 10.4 Å². The Morgan fingerprint density at radius 1 is 1.00 bits per heavy atom. The van der Waals surface area contributed by atoms with Crippen molar-refractivity contribution >= 4 is 16.7 Å². The average Bonchev–Trinajstić information content (AvgIpc) is 2.55. The maximum atomic E-state index is 9.71. The van der Waals surface area contributed by atoms with Gasteiger partial charge in [-0.25, -0.2) is 9.97 Å². The van der Waals surface area contributed by atoms with E-state index >= 15 is 0 Å². The van der Waals surface area contributed by atoms with Crippen molar-refractivity contribution in [3.63, 3.8) is 0 Å². The van der Waals surface area contributed by atoms with E-state index in [1.165, 1.54) is 0 Å². The Morgan fingerprint density at radius 2 is 1.73 bits per heavy atom. The van der Waals surface area contributed by atoms with Crippen LogP contribution in [0.15, 0.2) is 43.0 Å². The van der Waals surface area contributed by atoms with Crippen molar-refractivity contribution in [1.82, 2.24) is 19.9 Å². The van der Waals surface area contributed by atoms with Gasteiger partial charge in [-0.3, -0.25) is 9.97 Å². The van der Waals surface area contributed by atoms with Crippen LogP contribution >= 0.6 is 0 Å². The predicted octanol–water partition coefficient (Wildman–Crippen LogP) is 2.27. The molecule has 0 spiro atoms. The van der Waals surface area contributed by atoms with E-state index in [-0.39, 0.29) is 6.04 Å². The molecule has 0 radical (unpaired) electrons. The van der Waals surface area contributed by atoms with Gasteiger partial charge in [0.15, 0.2) is 5.82 Å². The lowest BCUT2D eigenvalue weighted by molar-refractivity contribution is 0.178. The van der Waals surface area contributed by atoms with E-state index in [2.05, 4.69) is 25.3 Å². The minimum Gasteiger partial charge on any atom is -0.391 e. The Hall–Kier alpha value is -2.60. The summed E-state index contributed by atoms with van der Waals surface area (Å²) in [7, 11) is 0. The fraction of sp³-hybridized carbons (Fsp3) is 0.250. The van der Waals surface area contributed by atoms with Crippen LogP contribution in [-0.2, 0) is 0 Å². The molecule has 0 bridgehead atoms. The zero-order valence-electron chi connectivity index (χ0n) is 12.4. The first-order chi connectivity index (χ1) is 10.6. The number of aliphatic hydroxyl groups excluding tert-OH is 1. The molecule has 0 fully saturated rings. The fourth-order valence-electron chi connectivity index (χ4n) is 2.06. The highest BCUT2D eigenvalue weighted by Crippen LogP contribution is 2.24. The van der Waals surface area contributed by atoms with Crippen LogP contribution < -0.4 is 5.32 Å². The van der Waals surface area contributed by atoms with Gasteiger partial charge in [-0.1, -0.05) is 0 Å². The highest BCUT2D eigenvalue weighted by atomic mass is 16.3. The molecular formula is C16H17N5O. The van der Waals surface area contributed by atoms with Crippen molar-refractivity contribution in [2.24, 2.45) is 0 Å². The predicted molar refractivity (Wildman–Crippen MR) is 85.3 cm³/mol. The quantitative estimate of drug-likeness (QED) is 0.768. The Bertz CT molecular complexity index is 776. The second kappa shape index (κ2) is 6.03. The van der Waals surface area contributed by atoms with E-state index in [4.69, 9.17) is 0 Å². The largest absolute Gasteiger partial charge is 0.391 e. The molecule has 0 aromatic carbocycles. The van der Waals surface area contributed by atoms with Crippen LogP contribution in [0.4, 0.5) is 5.82 Å². The molecule has 112 valence electrons. The van der Waals surface area contributed by atoms with Gasteiger partial charge in [0.25, 0.3) is 0 Å². The number of anilines is 1. The molecule has 3 heterocycles. The maximum Gasteiger partial charge on any atom is 0.162 e. The van der Waals surface area contributed by atoms with Crippen molar-refractivity contribution in [1.29, 1.82) is 0 Å². The number of nitrogens with zero attached hydrogens (tertiary/aromatic N) is 4. The molecule has 6 heteroatoms. The molecule has 0 aliphatic carbocycles. The Labute approximate surface area is 128 Å². The normalized spacial score (nSPS) is 13.8. The number of aromatic nitrogens is 4. The highest BCUT2D eigenvalue weighted by Gasteiger charge is 2.14. The second-order valence-electron chi connectivity index (χ2n) is 5.20. The lowest BCUT2D eigenvalue weighted by atomic mass is 10.2. The number of fused-ring (bicyclic) bond motifs is 1. The van der Waals surface area contributed by atoms with Crippen molar-refractivity contribution < 1.29 is 5.11 Å². The van der Waals surface area contributed by atoms with Gasteiger partial charge in [-0.2, -0.15) is 0 Å². The second-order valence-corrected chi connectivity index (χ2v) is 5.20. The van der Waals surface area contributed by atoms with Crippen molar-refractivity contribution in [2.75, 3.05) is 5.32 Å². The molecule has 0 amide bonds. The number of pyridine rings is 2. The van der Waals surface area contributed by atoms with Crippen LogP contribution in [0.1, 0.15) is 13.8 Å². The Morgan fingerprint density at radius 3 is 2.45 bits per heavy atom. The summed E-state index contributed by atoms with van der Waals surface area (Å²) >= 11 is 0. The van der Waals surface area contributed by atoms with Crippen LogP contribution in [0, 0.1) is 0 Å². The van der Waals surface area contributed by atoms with Gasteiger partial charge in [0.1, 0.15) is 5.82 Å². The zero-order chi connectivity index (χ0) is 15.5. The molecule has 0 saturated carbocycles. The van der Waals surface area contributed by atoms with E-state index in [1.807, 2.05) is 25.1 Å². The minimum atomic E-state index is -0.490. The lowest BCUT2D eigenvalue weighted by Crippen LogP contribution is -2.28. The van der Waals surface area contributed by atoms with Gasteiger partial charge >= 0.3 is 0 Å². The molecule has 2 atom stereocenters. The van der Waals surface area contributed by atoms with Gasteiger partial charge in [0.2, 0.25) is 0 Å². The Balaban J connectivity index is 2.12. The van der Waals surface area contributed by atoms with Crippen molar-refractivity contribution in [2.45, 2.75) is 26.0 Å². The molecule has 0 aliphatic heterocycles. The molecule has 6 nitrogen and oxygen atoms in total. The number of aliphatic hydroxyl groups is 1. The number of hydrogen-bond acceptors (Lipinski definition) is 6. The number of hydrogen-bond donors (Lipinski definition) is 2. The zero-order valence-corrected chi connectivity index (χ0v) is 12.4. The van der Waals surface area contributed by atoms with Crippen LogP contribution in [0.2, 0.25) is 0 Å². The van der Waals surface area contributed by atoms with Gasteiger partial charge in [0, 0.05) is 29.5 Å². The fourth-order valence-corrected chi connectivity index (χ4v) is 2.06. The van der Waals surface area contributed by atoms with E-state index in [0.717, 1.165) is 16.5 Å². The van der Waals surface area contributed by atoms with E-state index in [1.54, 1.807) is 31.7 Å². The van der Waals surface area contributed by atoms with E-state index in [9.17, 15) is 5.11 Å². The van der Waals surface area contributed by atoms with E-state index in [0.29, 0.717) is 11.6 Å². The minimum absolute atomic E-state index is 0.128. The van der Waals surface area contributed by atoms with E-state index < -0.39 is 6.10 Å². The summed E-state index contributed by atoms with van der Waals surface area (Å²) < 4.78 is 0. The van der Waals surface area contributed by atoms with Crippen LogP contribution in [0.3, 0.4) is 0 Å². The third-order valence-electron chi connectivity index (χ3n) is 3.53. The summed E-state index contributed by atoms with van der Waals surface area (Å²) in [5.74, 6) is 1.29. The molecule has 3 rings (SSSR count). The van der Waals surface area contributed by atoms with Gasteiger partial charge in [-0.15, -0.1) is 0 Å². The smallest absolute Gasteiger partial charge is 0.162 e. The van der Waals surface area contributed by atoms with Gasteiger partial charge in [0.05, 0.1) is 23.9 Å². The topological polar surface area (TPSA) is 83.8 Å². The van der Waals surface area contributed by atoms with Crippen molar-refractivity contribution in [3.05, 3.63) is 43.0 Å². The van der Waals surface area contributed by atoms with Crippen LogP contribution in [0.5, 0.6) is 0 Å². The monoisotopic (exact) mass is 295 g/mol.